The van der Waals surface area contributed by atoms with E-state index in [1.807, 2.05) is 0 Å². The fourth-order valence-corrected chi connectivity index (χ4v) is 0.898. The van der Waals surface area contributed by atoms with Crippen LogP contribution in [-0.2, 0) is 0 Å². The summed E-state index contributed by atoms with van der Waals surface area (Å²) in [5.41, 5.74) is 0. The molecule has 0 saturated carbocycles. The van der Waals surface area contributed by atoms with Crippen molar-refractivity contribution >= 4 is 17.4 Å². The molecule has 0 aliphatic carbocycles. The van der Waals surface area contributed by atoms with E-state index < -0.39 is 18.8 Å². The molecule has 1 aromatic heterocycles. The number of aliphatic hydroxyl groups excluding tert-OH is 1. The van der Waals surface area contributed by atoms with Crippen LogP contribution in [0.5, 0.6) is 0 Å². The largest absolute Gasteiger partial charge is 0.416 e. The number of nitrogens with zero attached hydrogens (tertiary/aromatic N) is 2. The third-order valence-electron chi connectivity index (χ3n) is 1.48. The second-order valence-corrected chi connectivity index (χ2v) is 2.99. The maximum Gasteiger partial charge on any atom is 0.416 e. The SMILES string of the molecule is OC(CNc1ccnc(Cl)n1)C(F)(F)F. The first-order valence-corrected chi connectivity index (χ1v) is 4.24. The zero-order valence-electron chi connectivity index (χ0n) is 7.29. The maximum absolute atomic E-state index is 11.9. The average molecular weight is 242 g/mol. The number of anilines is 1. The van der Waals surface area contributed by atoms with E-state index in [0.717, 1.165) is 0 Å². The summed E-state index contributed by atoms with van der Waals surface area (Å²) in [4.78, 5) is 7.14. The third-order valence-corrected chi connectivity index (χ3v) is 1.66. The molecule has 1 rings (SSSR count). The molecule has 0 amide bonds. The number of hydrogen-bond donors (Lipinski definition) is 2. The molecule has 0 spiro atoms. The Morgan fingerprint density at radius 3 is 2.73 bits per heavy atom. The van der Waals surface area contributed by atoms with Crippen LogP contribution in [0.4, 0.5) is 19.0 Å². The first-order valence-electron chi connectivity index (χ1n) is 3.87. The van der Waals surface area contributed by atoms with Gasteiger partial charge in [-0.15, -0.1) is 0 Å². The van der Waals surface area contributed by atoms with E-state index in [-0.39, 0.29) is 11.1 Å². The highest BCUT2D eigenvalue weighted by Gasteiger charge is 2.37. The quantitative estimate of drug-likeness (QED) is 0.787. The molecule has 4 nitrogen and oxygen atoms in total. The van der Waals surface area contributed by atoms with Gasteiger partial charge in [0.25, 0.3) is 0 Å². The Morgan fingerprint density at radius 2 is 2.20 bits per heavy atom. The predicted molar refractivity (Wildman–Crippen MR) is 47.6 cm³/mol. The molecule has 0 bridgehead atoms. The molecule has 1 heterocycles. The summed E-state index contributed by atoms with van der Waals surface area (Å²) < 4.78 is 35.6. The number of hydrogen-bond acceptors (Lipinski definition) is 4. The molecule has 0 radical (unpaired) electrons. The number of halogens is 4. The summed E-state index contributed by atoms with van der Waals surface area (Å²) in [7, 11) is 0. The van der Waals surface area contributed by atoms with Crippen molar-refractivity contribution in [2.75, 3.05) is 11.9 Å². The first kappa shape index (κ1) is 12.0. The molecule has 1 atom stereocenters. The molecule has 84 valence electrons. The lowest BCUT2D eigenvalue weighted by Crippen LogP contribution is -2.35. The smallest absolute Gasteiger partial charge is 0.382 e. The van der Waals surface area contributed by atoms with Crippen molar-refractivity contribution < 1.29 is 18.3 Å². The van der Waals surface area contributed by atoms with Crippen LogP contribution in [0, 0.1) is 0 Å². The molecule has 15 heavy (non-hydrogen) atoms. The second kappa shape index (κ2) is 4.63. The molecule has 1 unspecified atom stereocenters. The number of aromatic nitrogens is 2. The summed E-state index contributed by atoms with van der Waals surface area (Å²) in [5.74, 6) is 0.123. The standard InChI is InChI=1S/C7H7ClF3N3O/c8-6-12-2-1-5(14-6)13-3-4(15)7(9,10)11/h1-2,4,15H,3H2,(H,12,13,14). The Labute approximate surface area is 88.1 Å². The van der Waals surface area contributed by atoms with Gasteiger partial charge >= 0.3 is 6.18 Å². The highest BCUT2D eigenvalue weighted by atomic mass is 35.5. The minimum absolute atomic E-state index is 0.0819. The van der Waals surface area contributed by atoms with Gasteiger partial charge < -0.3 is 10.4 Å². The van der Waals surface area contributed by atoms with Crippen molar-refractivity contribution in [3.05, 3.63) is 17.5 Å². The summed E-state index contributed by atoms with van der Waals surface area (Å²) in [5, 5.41) is 10.9. The van der Waals surface area contributed by atoms with Gasteiger partial charge in [-0.25, -0.2) is 9.97 Å². The van der Waals surface area contributed by atoms with E-state index in [0.29, 0.717) is 0 Å². The van der Waals surface area contributed by atoms with Gasteiger partial charge in [0.15, 0.2) is 6.10 Å². The van der Waals surface area contributed by atoms with Crippen molar-refractivity contribution in [2.24, 2.45) is 0 Å². The number of aliphatic hydroxyl groups is 1. The van der Waals surface area contributed by atoms with Gasteiger partial charge in [0.1, 0.15) is 5.82 Å². The summed E-state index contributed by atoms with van der Waals surface area (Å²) in [6.45, 7) is -0.684. The fourth-order valence-electron chi connectivity index (χ4n) is 0.750. The van der Waals surface area contributed by atoms with E-state index in [9.17, 15) is 13.2 Å². The first-order chi connectivity index (χ1) is 6.89. The van der Waals surface area contributed by atoms with Gasteiger partial charge in [-0.05, 0) is 17.7 Å². The lowest BCUT2D eigenvalue weighted by atomic mass is 10.3. The Hall–Kier alpha value is -1.08. The average Bonchev–Trinajstić information content (AvgIpc) is 2.12. The zero-order valence-corrected chi connectivity index (χ0v) is 8.05. The van der Waals surface area contributed by atoms with Crippen LogP contribution in [0.2, 0.25) is 5.28 Å². The van der Waals surface area contributed by atoms with Gasteiger partial charge in [0, 0.05) is 6.20 Å². The van der Waals surface area contributed by atoms with Gasteiger partial charge in [-0.3, -0.25) is 0 Å². The topological polar surface area (TPSA) is 58.0 Å². The van der Waals surface area contributed by atoms with Crippen LogP contribution in [-0.4, -0.2) is 33.9 Å². The highest BCUT2D eigenvalue weighted by molar-refractivity contribution is 6.28. The molecule has 2 N–H and O–H groups in total. The van der Waals surface area contributed by atoms with Crippen molar-refractivity contribution in [3.8, 4) is 0 Å². The van der Waals surface area contributed by atoms with Gasteiger partial charge in [-0.2, -0.15) is 13.2 Å². The molecule has 0 fully saturated rings. The van der Waals surface area contributed by atoms with Crippen molar-refractivity contribution in [3.63, 3.8) is 0 Å². The summed E-state index contributed by atoms with van der Waals surface area (Å²) in [6, 6.07) is 1.34. The van der Waals surface area contributed by atoms with E-state index in [1.165, 1.54) is 12.3 Å². The lowest BCUT2D eigenvalue weighted by Gasteiger charge is -2.15. The molecule has 0 aliphatic heterocycles. The van der Waals surface area contributed by atoms with Crippen LogP contribution < -0.4 is 5.32 Å². The fraction of sp³-hybridized carbons (Fsp3) is 0.429. The van der Waals surface area contributed by atoms with Crippen LogP contribution >= 0.6 is 11.6 Å². The molecule has 8 heteroatoms. The molecule has 0 aromatic carbocycles. The van der Waals surface area contributed by atoms with Crippen LogP contribution in [0.1, 0.15) is 0 Å². The number of rotatable bonds is 3. The van der Waals surface area contributed by atoms with Gasteiger partial charge in [-0.1, -0.05) is 0 Å². The van der Waals surface area contributed by atoms with Gasteiger partial charge in [0.2, 0.25) is 5.28 Å². The van der Waals surface area contributed by atoms with Crippen LogP contribution in [0.15, 0.2) is 12.3 Å². The maximum atomic E-state index is 11.9. The summed E-state index contributed by atoms with van der Waals surface area (Å²) in [6.07, 6.45) is -5.80. The van der Waals surface area contributed by atoms with E-state index in [4.69, 9.17) is 16.7 Å². The predicted octanol–water partition coefficient (Wildman–Crippen LogP) is 1.47. The van der Waals surface area contributed by atoms with Crippen molar-refractivity contribution in [2.45, 2.75) is 12.3 Å². The lowest BCUT2D eigenvalue weighted by molar-refractivity contribution is -0.198. The molecular formula is C7H7ClF3N3O. The number of alkyl halides is 3. The Kier molecular flexibility index (Phi) is 3.70. The van der Waals surface area contributed by atoms with E-state index >= 15 is 0 Å². The molecule has 1 aromatic rings. The minimum atomic E-state index is -4.65. The molecule has 0 saturated heterocycles. The van der Waals surface area contributed by atoms with Crippen LogP contribution in [0.3, 0.4) is 0 Å². The molecular weight excluding hydrogens is 235 g/mol. The second-order valence-electron chi connectivity index (χ2n) is 2.65. The summed E-state index contributed by atoms with van der Waals surface area (Å²) >= 11 is 5.40. The Bertz CT molecular complexity index is 334. The normalized spacial score (nSPS) is 13.7. The number of nitrogens with one attached hydrogen (secondary N) is 1. The highest BCUT2D eigenvalue weighted by Crippen LogP contribution is 2.20. The third kappa shape index (κ3) is 3.88. The van der Waals surface area contributed by atoms with Crippen molar-refractivity contribution in [1.82, 2.24) is 9.97 Å². The Balaban J connectivity index is 2.51. The van der Waals surface area contributed by atoms with Crippen LogP contribution in [0.25, 0.3) is 0 Å². The zero-order chi connectivity index (χ0) is 11.5. The van der Waals surface area contributed by atoms with Gasteiger partial charge in [0.05, 0.1) is 6.54 Å². The van der Waals surface area contributed by atoms with Crippen molar-refractivity contribution in [1.29, 1.82) is 0 Å². The molecule has 0 aliphatic rings. The minimum Gasteiger partial charge on any atom is -0.382 e. The monoisotopic (exact) mass is 241 g/mol. The van der Waals surface area contributed by atoms with E-state index in [2.05, 4.69) is 15.3 Å². The van der Waals surface area contributed by atoms with E-state index in [1.54, 1.807) is 0 Å². The Morgan fingerprint density at radius 1 is 1.53 bits per heavy atom.